The topological polar surface area (TPSA) is 71.7 Å². The number of hydrogen-bond donors (Lipinski definition) is 0. The quantitative estimate of drug-likeness (QED) is 0.765. The average Bonchev–Trinajstić information content (AvgIpc) is 3.21. The summed E-state index contributed by atoms with van der Waals surface area (Å²) in [5.74, 6) is 1.51. The van der Waals surface area contributed by atoms with E-state index in [0.717, 1.165) is 32.5 Å². The Bertz CT molecular complexity index is 554. The van der Waals surface area contributed by atoms with Crippen molar-refractivity contribution < 1.29 is 14.1 Å². The van der Waals surface area contributed by atoms with Crippen molar-refractivity contribution in [3.05, 3.63) is 11.7 Å². The maximum atomic E-state index is 12.6. The van der Waals surface area contributed by atoms with Crippen LogP contribution in [0.1, 0.15) is 24.6 Å². The van der Waals surface area contributed by atoms with E-state index in [9.17, 15) is 4.79 Å². The number of carbonyl (C=O) groups is 1. The van der Waals surface area contributed by atoms with E-state index in [-0.39, 0.29) is 17.4 Å². The molecule has 7 nitrogen and oxygen atoms in total. The van der Waals surface area contributed by atoms with Gasteiger partial charge in [-0.1, -0.05) is 5.16 Å². The van der Waals surface area contributed by atoms with E-state index in [1.165, 1.54) is 0 Å². The smallest absolute Gasteiger partial charge is 0.320 e. The third-order valence-electron chi connectivity index (χ3n) is 4.97. The Morgan fingerprint density at radius 3 is 2.86 bits per heavy atom. The Hall–Kier alpha value is -1.63. The highest BCUT2D eigenvalue weighted by Crippen LogP contribution is 2.43. The lowest BCUT2D eigenvalue weighted by molar-refractivity contribution is 0.131. The van der Waals surface area contributed by atoms with Gasteiger partial charge in [-0.15, -0.1) is 0 Å². The van der Waals surface area contributed by atoms with Crippen LogP contribution < -0.4 is 0 Å². The number of likely N-dealkylation sites (tertiary alicyclic amines) is 2. The Balaban J connectivity index is 1.58. The zero-order valence-electron chi connectivity index (χ0n) is 12.2. The fourth-order valence-corrected chi connectivity index (χ4v) is 3.79. The molecule has 21 heavy (non-hydrogen) atoms. The molecule has 1 aromatic rings. The predicted molar refractivity (Wildman–Crippen MR) is 72.8 cm³/mol. The summed E-state index contributed by atoms with van der Waals surface area (Å²) in [6.07, 6.45) is 2.22. The molecule has 114 valence electrons. The van der Waals surface area contributed by atoms with E-state index < -0.39 is 0 Å². The van der Waals surface area contributed by atoms with Gasteiger partial charge >= 0.3 is 6.03 Å². The number of aryl methyl sites for hydroxylation is 1. The molecule has 2 atom stereocenters. The lowest BCUT2D eigenvalue weighted by Crippen LogP contribution is -2.43. The monoisotopic (exact) mass is 292 g/mol. The molecule has 0 aromatic carbocycles. The van der Waals surface area contributed by atoms with Crippen molar-refractivity contribution >= 4 is 6.03 Å². The van der Waals surface area contributed by atoms with E-state index >= 15 is 0 Å². The molecular formula is C14H20N4O3. The first-order valence-electron chi connectivity index (χ1n) is 7.61. The van der Waals surface area contributed by atoms with Gasteiger partial charge in [-0.25, -0.2) is 4.79 Å². The standard InChI is InChI=1S/C14H20N4O3/c1-10-15-12(21-16-10)14-8-18(6-11(14)7-20-9-14)13(19)17-4-2-3-5-17/h11H,2-9H2,1H3/t11-,14-/m1/s1. The van der Waals surface area contributed by atoms with Crippen molar-refractivity contribution in [2.45, 2.75) is 25.2 Å². The molecule has 3 aliphatic heterocycles. The highest BCUT2D eigenvalue weighted by Gasteiger charge is 2.56. The molecule has 0 radical (unpaired) electrons. The number of carbonyl (C=O) groups excluding carboxylic acids is 1. The van der Waals surface area contributed by atoms with Gasteiger partial charge in [0, 0.05) is 32.1 Å². The van der Waals surface area contributed by atoms with Gasteiger partial charge in [-0.05, 0) is 19.8 Å². The maximum Gasteiger partial charge on any atom is 0.320 e. The molecule has 4 heterocycles. The van der Waals surface area contributed by atoms with Crippen molar-refractivity contribution in [3.8, 4) is 0 Å². The third-order valence-corrected chi connectivity index (χ3v) is 4.97. The molecule has 0 saturated carbocycles. The number of aromatic nitrogens is 2. The molecule has 0 spiro atoms. The average molecular weight is 292 g/mol. The van der Waals surface area contributed by atoms with Gasteiger partial charge in [0.15, 0.2) is 5.82 Å². The normalized spacial score (nSPS) is 32.0. The Kier molecular flexibility index (Phi) is 2.92. The van der Waals surface area contributed by atoms with Crippen molar-refractivity contribution in [2.75, 3.05) is 39.4 Å². The van der Waals surface area contributed by atoms with Crippen molar-refractivity contribution in [2.24, 2.45) is 5.92 Å². The zero-order chi connectivity index (χ0) is 14.4. The Labute approximate surface area is 123 Å². The maximum absolute atomic E-state index is 12.6. The minimum absolute atomic E-state index is 0.150. The molecule has 0 unspecified atom stereocenters. The number of ether oxygens (including phenoxy) is 1. The SMILES string of the molecule is Cc1noc([C@]23COC[C@H]2CN(C(=O)N2CCCC2)C3)n1. The molecule has 0 bridgehead atoms. The van der Waals surface area contributed by atoms with Gasteiger partial charge in [0.2, 0.25) is 5.89 Å². The van der Waals surface area contributed by atoms with Crippen LogP contribution in [-0.4, -0.2) is 65.4 Å². The zero-order valence-corrected chi connectivity index (χ0v) is 12.2. The minimum Gasteiger partial charge on any atom is -0.380 e. The summed E-state index contributed by atoms with van der Waals surface area (Å²) in [5, 5.41) is 3.91. The van der Waals surface area contributed by atoms with E-state index in [1.54, 1.807) is 0 Å². The number of urea groups is 1. The predicted octanol–water partition coefficient (Wildman–Crippen LogP) is 0.794. The van der Waals surface area contributed by atoms with Gasteiger partial charge in [0.1, 0.15) is 0 Å². The first-order chi connectivity index (χ1) is 10.2. The number of amides is 2. The van der Waals surface area contributed by atoms with Crippen molar-refractivity contribution in [1.29, 1.82) is 0 Å². The number of hydrogen-bond acceptors (Lipinski definition) is 5. The lowest BCUT2D eigenvalue weighted by Gasteiger charge is -2.26. The van der Waals surface area contributed by atoms with Crippen LogP contribution in [0.3, 0.4) is 0 Å². The van der Waals surface area contributed by atoms with Crippen LogP contribution in [0.4, 0.5) is 4.79 Å². The van der Waals surface area contributed by atoms with Crippen molar-refractivity contribution in [1.82, 2.24) is 19.9 Å². The molecule has 3 saturated heterocycles. The Morgan fingerprint density at radius 2 is 2.14 bits per heavy atom. The van der Waals surface area contributed by atoms with E-state index in [1.807, 2.05) is 16.7 Å². The van der Waals surface area contributed by atoms with Crippen LogP contribution in [-0.2, 0) is 10.2 Å². The van der Waals surface area contributed by atoms with Crippen LogP contribution >= 0.6 is 0 Å². The second-order valence-corrected chi connectivity index (χ2v) is 6.37. The summed E-state index contributed by atoms with van der Waals surface area (Å²) >= 11 is 0. The van der Waals surface area contributed by atoms with Crippen molar-refractivity contribution in [3.63, 3.8) is 0 Å². The van der Waals surface area contributed by atoms with Crippen LogP contribution in [0.5, 0.6) is 0 Å². The fraction of sp³-hybridized carbons (Fsp3) is 0.786. The third kappa shape index (κ3) is 1.94. The minimum atomic E-state index is -0.309. The molecule has 0 aliphatic carbocycles. The molecule has 7 heteroatoms. The lowest BCUT2D eigenvalue weighted by atomic mass is 9.81. The molecule has 4 rings (SSSR count). The largest absolute Gasteiger partial charge is 0.380 e. The van der Waals surface area contributed by atoms with E-state index in [2.05, 4.69) is 10.1 Å². The first-order valence-corrected chi connectivity index (χ1v) is 7.61. The second kappa shape index (κ2) is 4.69. The van der Waals surface area contributed by atoms with Crippen LogP contribution in [0.15, 0.2) is 4.52 Å². The van der Waals surface area contributed by atoms with Crippen LogP contribution in [0.25, 0.3) is 0 Å². The first kappa shape index (κ1) is 13.1. The highest BCUT2D eigenvalue weighted by atomic mass is 16.5. The molecule has 1 aromatic heterocycles. The summed E-state index contributed by atoms with van der Waals surface area (Å²) in [7, 11) is 0. The molecule has 3 fully saturated rings. The summed E-state index contributed by atoms with van der Waals surface area (Å²) in [4.78, 5) is 20.9. The summed E-state index contributed by atoms with van der Waals surface area (Å²) < 4.78 is 11.1. The Morgan fingerprint density at radius 1 is 1.33 bits per heavy atom. The summed E-state index contributed by atoms with van der Waals surface area (Å²) in [6, 6.07) is 0.150. The van der Waals surface area contributed by atoms with Gasteiger partial charge < -0.3 is 19.1 Å². The molecule has 2 amide bonds. The molecule has 3 aliphatic rings. The van der Waals surface area contributed by atoms with Gasteiger partial charge in [0.25, 0.3) is 0 Å². The molecule has 0 N–H and O–H groups in total. The number of fused-ring (bicyclic) bond motifs is 1. The van der Waals surface area contributed by atoms with E-state index in [0.29, 0.717) is 31.5 Å². The van der Waals surface area contributed by atoms with Gasteiger partial charge in [-0.2, -0.15) is 4.98 Å². The van der Waals surface area contributed by atoms with Gasteiger partial charge in [-0.3, -0.25) is 0 Å². The van der Waals surface area contributed by atoms with Crippen LogP contribution in [0, 0.1) is 12.8 Å². The fourth-order valence-electron chi connectivity index (χ4n) is 3.79. The summed E-state index contributed by atoms with van der Waals surface area (Å²) in [5.41, 5.74) is -0.309. The summed E-state index contributed by atoms with van der Waals surface area (Å²) in [6.45, 7) is 6.13. The number of rotatable bonds is 1. The van der Waals surface area contributed by atoms with Crippen LogP contribution in [0.2, 0.25) is 0 Å². The molecular weight excluding hydrogens is 272 g/mol. The second-order valence-electron chi connectivity index (χ2n) is 6.37. The number of nitrogens with zero attached hydrogens (tertiary/aromatic N) is 4. The van der Waals surface area contributed by atoms with Gasteiger partial charge in [0.05, 0.1) is 18.6 Å². The van der Waals surface area contributed by atoms with E-state index in [4.69, 9.17) is 9.26 Å². The highest BCUT2D eigenvalue weighted by molar-refractivity contribution is 5.75.